The second-order valence-electron chi connectivity index (χ2n) is 8.48. The van der Waals surface area contributed by atoms with E-state index < -0.39 is 11.7 Å². The summed E-state index contributed by atoms with van der Waals surface area (Å²) in [7, 11) is 0. The summed E-state index contributed by atoms with van der Waals surface area (Å²) in [5, 5.41) is 0. The van der Waals surface area contributed by atoms with E-state index in [2.05, 4.69) is 19.7 Å². The normalized spacial score (nSPS) is 31.1. The van der Waals surface area contributed by atoms with Crippen molar-refractivity contribution in [3.05, 3.63) is 48.3 Å². The summed E-state index contributed by atoms with van der Waals surface area (Å²) in [6.45, 7) is 6.24. The molecule has 7 heterocycles. The number of aromatic nitrogens is 2. The van der Waals surface area contributed by atoms with Gasteiger partial charge in [-0.15, -0.1) is 0 Å². The Morgan fingerprint density at radius 2 is 1.69 bits per heavy atom. The summed E-state index contributed by atoms with van der Waals surface area (Å²) in [4.78, 5) is 11.6. The van der Waals surface area contributed by atoms with Crippen molar-refractivity contribution in [3.63, 3.8) is 0 Å². The Labute approximate surface area is 164 Å². The average Bonchev–Trinajstić information content (AvgIpc) is 3.27. The largest absolute Gasteiger partial charge is 0.472 e. The number of rotatable bonds is 3. The highest BCUT2D eigenvalue weighted by Crippen LogP contribution is 2.36. The molecule has 0 spiro atoms. The molecule has 0 amide bonds. The van der Waals surface area contributed by atoms with Gasteiger partial charge >= 0.3 is 6.18 Å². The summed E-state index contributed by atoms with van der Waals surface area (Å²) in [5.74, 6) is 0. The average molecular weight is 405 g/mol. The van der Waals surface area contributed by atoms with Crippen LogP contribution < -0.4 is 0 Å². The monoisotopic (exact) mass is 405 g/mol. The van der Waals surface area contributed by atoms with Crippen molar-refractivity contribution in [2.75, 3.05) is 40.0 Å². The third-order valence-corrected chi connectivity index (χ3v) is 5.96. The van der Waals surface area contributed by atoms with Crippen LogP contribution in [0.25, 0.3) is 16.8 Å². The number of hydrogen-bond acceptors (Lipinski definition) is 5. The Balaban J connectivity index is 1.41. The molecule has 0 radical (unpaired) electrons. The Morgan fingerprint density at radius 1 is 1.00 bits per heavy atom. The van der Waals surface area contributed by atoms with Crippen LogP contribution in [0, 0.1) is 0 Å². The number of alkyl halides is 3. The van der Waals surface area contributed by atoms with E-state index in [4.69, 9.17) is 4.42 Å². The SMILES string of the molecule is FC(F)(F)c1cc(-c2ccoc2)cn2cc(C[N+]34CN5CN(CN(C5)C3)C4)nc12. The number of fused-ring (bicyclic) bond motifs is 1. The molecule has 4 fully saturated rings. The van der Waals surface area contributed by atoms with Gasteiger partial charge in [0.25, 0.3) is 0 Å². The van der Waals surface area contributed by atoms with Gasteiger partial charge in [-0.3, -0.25) is 4.48 Å². The van der Waals surface area contributed by atoms with Crippen molar-refractivity contribution in [3.8, 4) is 11.1 Å². The maximum absolute atomic E-state index is 13.8. The fraction of sp³-hybridized carbons (Fsp3) is 0.421. The van der Waals surface area contributed by atoms with E-state index in [1.54, 1.807) is 18.5 Å². The van der Waals surface area contributed by atoms with Crippen molar-refractivity contribution in [2.24, 2.45) is 0 Å². The predicted molar refractivity (Wildman–Crippen MR) is 96.6 cm³/mol. The molecule has 3 aromatic heterocycles. The number of imidazole rings is 1. The molecule has 7 rings (SSSR count). The zero-order chi connectivity index (χ0) is 19.8. The summed E-state index contributed by atoms with van der Waals surface area (Å²) < 4.78 is 48.6. The lowest BCUT2D eigenvalue weighted by Gasteiger charge is -2.60. The maximum atomic E-state index is 13.8. The molecule has 4 bridgehead atoms. The van der Waals surface area contributed by atoms with Crippen LogP contribution in [0.2, 0.25) is 0 Å². The third kappa shape index (κ3) is 2.86. The second-order valence-corrected chi connectivity index (χ2v) is 8.48. The molecular weight excluding hydrogens is 385 g/mol. The first-order chi connectivity index (χ1) is 13.9. The van der Waals surface area contributed by atoms with Crippen LogP contribution in [0.5, 0.6) is 0 Å². The van der Waals surface area contributed by atoms with Gasteiger partial charge in [0.2, 0.25) is 0 Å². The van der Waals surface area contributed by atoms with Gasteiger partial charge in [0.15, 0.2) is 0 Å². The van der Waals surface area contributed by atoms with Gasteiger partial charge in [0.1, 0.15) is 37.9 Å². The van der Waals surface area contributed by atoms with Crippen LogP contribution in [0.1, 0.15) is 11.3 Å². The van der Waals surface area contributed by atoms with Gasteiger partial charge in [0, 0.05) is 23.5 Å². The highest BCUT2D eigenvalue weighted by atomic mass is 19.4. The van der Waals surface area contributed by atoms with Crippen molar-refractivity contribution in [2.45, 2.75) is 12.7 Å². The fourth-order valence-corrected chi connectivity index (χ4v) is 5.17. The van der Waals surface area contributed by atoms with E-state index in [0.29, 0.717) is 23.4 Å². The van der Waals surface area contributed by atoms with E-state index >= 15 is 0 Å². The smallest absolute Gasteiger partial charge is 0.420 e. The minimum atomic E-state index is -4.48. The highest BCUT2D eigenvalue weighted by molar-refractivity contribution is 5.67. The molecule has 10 heteroatoms. The number of hydrogen-bond donors (Lipinski definition) is 0. The van der Waals surface area contributed by atoms with Gasteiger partial charge < -0.3 is 8.82 Å². The maximum Gasteiger partial charge on any atom is 0.420 e. The van der Waals surface area contributed by atoms with Crippen molar-refractivity contribution in [1.82, 2.24) is 24.1 Å². The van der Waals surface area contributed by atoms with Gasteiger partial charge in [-0.25, -0.2) is 19.7 Å². The highest BCUT2D eigenvalue weighted by Gasteiger charge is 2.48. The molecule has 3 aromatic rings. The molecule has 0 aromatic carbocycles. The number of quaternary nitrogens is 1. The molecule has 4 aliphatic heterocycles. The van der Waals surface area contributed by atoms with E-state index in [1.165, 1.54) is 16.9 Å². The fourth-order valence-electron chi connectivity index (χ4n) is 5.17. The lowest BCUT2D eigenvalue weighted by Crippen LogP contribution is -2.78. The lowest BCUT2D eigenvalue weighted by atomic mass is 10.1. The summed E-state index contributed by atoms with van der Waals surface area (Å²) in [5.41, 5.74) is 0.977. The topological polar surface area (TPSA) is 40.2 Å². The zero-order valence-corrected chi connectivity index (χ0v) is 15.6. The zero-order valence-electron chi connectivity index (χ0n) is 15.6. The number of pyridine rings is 1. The van der Waals surface area contributed by atoms with E-state index in [0.717, 1.165) is 50.6 Å². The second kappa shape index (κ2) is 5.82. The Morgan fingerprint density at radius 3 is 2.28 bits per heavy atom. The number of nitrogens with zero attached hydrogens (tertiary/aromatic N) is 6. The van der Waals surface area contributed by atoms with Crippen LogP contribution >= 0.6 is 0 Å². The van der Waals surface area contributed by atoms with Crippen LogP contribution in [-0.2, 0) is 12.7 Å². The first-order valence-electron chi connectivity index (χ1n) is 9.51. The molecule has 29 heavy (non-hydrogen) atoms. The third-order valence-electron chi connectivity index (χ3n) is 5.96. The molecule has 4 saturated heterocycles. The van der Waals surface area contributed by atoms with E-state index in [1.807, 2.05) is 0 Å². The molecule has 0 N–H and O–H groups in total. The molecule has 0 unspecified atom stereocenters. The van der Waals surface area contributed by atoms with Crippen molar-refractivity contribution >= 4 is 5.65 Å². The van der Waals surface area contributed by atoms with E-state index in [-0.39, 0.29) is 5.65 Å². The molecule has 4 aliphatic rings. The molecule has 0 atom stereocenters. The Bertz CT molecular complexity index is 1040. The molecule has 152 valence electrons. The molecule has 7 nitrogen and oxygen atoms in total. The minimum Gasteiger partial charge on any atom is -0.472 e. The molecule has 0 aliphatic carbocycles. The Hall–Kier alpha value is -2.40. The molecular formula is C19H20F3N6O+. The summed E-state index contributed by atoms with van der Waals surface area (Å²) in [6.07, 6.45) is 1.85. The summed E-state index contributed by atoms with van der Waals surface area (Å²) in [6, 6.07) is 2.81. The first kappa shape index (κ1) is 17.5. The predicted octanol–water partition coefficient (Wildman–Crippen LogP) is 2.62. The van der Waals surface area contributed by atoms with Gasteiger partial charge in [-0.1, -0.05) is 0 Å². The number of halogens is 3. The minimum absolute atomic E-state index is 0.0467. The van der Waals surface area contributed by atoms with E-state index in [9.17, 15) is 13.2 Å². The molecule has 0 saturated carbocycles. The van der Waals surface area contributed by atoms with Crippen LogP contribution in [-0.4, -0.2) is 68.6 Å². The summed E-state index contributed by atoms with van der Waals surface area (Å²) >= 11 is 0. The van der Waals surface area contributed by atoms with Gasteiger partial charge in [-0.05, 0) is 12.1 Å². The quantitative estimate of drug-likeness (QED) is 0.627. The lowest BCUT2D eigenvalue weighted by molar-refractivity contribution is -0.991. The first-order valence-corrected chi connectivity index (χ1v) is 9.51. The van der Waals surface area contributed by atoms with Crippen LogP contribution in [0.4, 0.5) is 13.2 Å². The number of furan rings is 1. The van der Waals surface area contributed by atoms with Crippen LogP contribution in [0.15, 0.2) is 41.5 Å². The van der Waals surface area contributed by atoms with Gasteiger partial charge in [-0.2, -0.15) is 13.2 Å². The van der Waals surface area contributed by atoms with Crippen molar-refractivity contribution in [1.29, 1.82) is 0 Å². The standard InChI is InChI=1S/C19H20F3N6O/c20-19(21,22)17-3-15(14-1-2-29-7-14)4-27-5-16(23-18(17)27)6-28-11-24-8-25(12-28)10-26(9-24)13-28/h1-5,7H,6,8-13H2/q+1. The van der Waals surface area contributed by atoms with Gasteiger partial charge in [0.05, 0.1) is 38.1 Å². The Kier molecular flexibility index (Phi) is 3.50. The van der Waals surface area contributed by atoms with Crippen molar-refractivity contribution < 1.29 is 22.1 Å². The van der Waals surface area contributed by atoms with Crippen LogP contribution in [0.3, 0.4) is 0 Å².